The molecule has 1 unspecified atom stereocenters. The second-order valence-electron chi connectivity index (χ2n) is 3.90. The van der Waals surface area contributed by atoms with E-state index >= 15 is 0 Å². The Bertz CT molecular complexity index is 306. The summed E-state index contributed by atoms with van der Waals surface area (Å²) in [5, 5.41) is 8.00. The lowest BCUT2D eigenvalue weighted by Crippen LogP contribution is -2.34. The standard InChI is InChI=1S/C11H22N2O2S/c1-3-5-6-7-8-11(4-2)16(14,15)13-10-9-12/h11,13H,3-8,10H2,1-2H3. The molecule has 0 bridgehead atoms. The van der Waals surface area contributed by atoms with Crippen LogP contribution in [0.3, 0.4) is 0 Å². The van der Waals surface area contributed by atoms with Crippen molar-refractivity contribution in [3.05, 3.63) is 0 Å². The molecular formula is C11H22N2O2S. The van der Waals surface area contributed by atoms with Crippen LogP contribution in [0.1, 0.15) is 52.4 Å². The van der Waals surface area contributed by atoms with Crippen LogP contribution in [0.2, 0.25) is 0 Å². The number of unbranched alkanes of at least 4 members (excludes halogenated alkanes) is 3. The zero-order valence-corrected chi connectivity index (χ0v) is 11.0. The summed E-state index contributed by atoms with van der Waals surface area (Å²) in [7, 11) is -3.29. The molecule has 0 aromatic rings. The number of hydrogen-bond acceptors (Lipinski definition) is 3. The zero-order valence-electron chi connectivity index (χ0n) is 10.2. The Balaban J connectivity index is 4.11. The maximum Gasteiger partial charge on any atom is 0.215 e. The van der Waals surface area contributed by atoms with E-state index in [1.165, 1.54) is 0 Å². The third-order valence-electron chi connectivity index (χ3n) is 2.63. The molecule has 4 nitrogen and oxygen atoms in total. The fourth-order valence-corrected chi connectivity index (χ4v) is 3.05. The summed E-state index contributed by atoms with van der Waals surface area (Å²) in [6.45, 7) is 3.87. The molecule has 0 rings (SSSR count). The van der Waals surface area contributed by atoms with Crippen LogP contribution < -0.4 is 4.72 Å². The highest BCUT2D eigenvalue weighted by molar-refractivity contribution is 7.90. The SMILES string of the molecule is CCCCCCC(CC)S(=O)(=O)NCC#N. The lowest BCUT2D eigenvalue weighted by molar-refractivity contribution is 0.539. The maximum atomic E-state index is 11.7. The molecule has 0 aromatic carbocycles. The van der Waals surface area contributed by atoms with E-state index in [4.69, 9.17) is 5.26 Å². The van der Waals surface area contributed by atoms with Gasteiger partial charge < -0.3 is 0 Å². The number of nitriles is 1. The first-order valence-corrected chi connectivity index (χ1v) is 7.48. The summed E-state index contributed by atoms with van der Waals surface area (Å²) in [5.41, 5.74) is 0. The molecule has 1 atom stereocenters. The van der Waals surface area contributed by atoms with E-state index in [-0.39, 0.29) is 11.8 Å². The van der Waals surface area contributed by atoms with Crippen molar-refractivity contribution in [3.63, 3.8) is 0 Å². The van der Waals surface area contributed by atoms with Crippen molar-refractivity contribution in [2.45, 2.75) is 57.6 Å². The van der Waals surface area contributed by atoms with E-state index < -0.39 is 10.0 Å². The van der Waals surface area contributed by atoms with E-state index in [2.05, 4.69) is 11.6 Å². The van der Waals surface area contributed by atoms with Crippen LogP contribution in [-0.4, -0.2) is 20.2 Å². The Hall–Kier alpha value is -0.600. The third-order valence-corrected chi connectivity index (χ3v) is 4.62. The Kier molecular flexibility index (Phi) is 8.22. The van der Waals surface area contributed by atoms with Gasteiger partial charge in [-0.05, 0) is 12.8 Å². The summed E-state index contributed by atoms with van der Waals surface area (Å²) < 4.78 is 25.8. The summed E-state index contributed by atoms with van der Waals surface area (Å²) in [5.74, 6) is 0. The Morgan fingerprint density at radius 3 is 2.44 bits per heavy atom. The van der Waals surface area contributed by atoms with Crippen molar-refractivity contribution in [3.8, 4) is 6.07 Å². The quantitative estimate of drug-likeness (QED) is 0.500. The average molecular weight is 246 g/mol. The fraction of sp³-hybridized carbons (Fsp3) is 0.909. The van der Waals surface area contributed by atoms with Crippen LogP contribution in [0.15, 0.2) is 0 Å². The number of nitrogens with zero attached hydrogens (tertiary/aromatic N) is 1. The summed E-state index contributed by atoms with van der Waals surface area (Å²) in [6, 6.07) is 1.79. The molecule has 16 heavy (non-hydrogen) atoms. The van der Waals surface area contributed by atoms with Gasteiger partial charge in [-0.25, -0.2) is 13.1 Å². The second kappa shape index (κ2) is 8.54. The van der Waals surface area contributed by atoms with Gasteiger partial charge in [0.25, 0.3) is 0 Å². The molecular weight excluding hydrogens is 224 g/mol. The van der Waals surface area contributed by atoms with Crippen molar-refractivity contribution in [2.24, 2.45) is 0 Å². The van der Waals surface area contributed by atoms with Gasteiger partial charge in [0.15, 0.2) is 0 Å². The number of nitrogens with one attached hydrogen (secondary N) is 1. The Morgan fingerprint density at radius 2 is 1.94 bits per heavy atom. The van der Waals surface area contributed by atoms with E-state index in [9.17, 15) is 8.42 Å². The highest BCUT2D eigenvalue weighted by Crippen LogP contribution is 2.14. The van der Waals surface area contributed by atoms with Crippen LogP contribution in [-0.2, 0) is 10.0 Å². The molecule has 0 aromatic heterocycles. The first-order valence-electron chi connectivity index (χ1n) is 5.93. The molecule has 0 aliphatic carbocycles. The summed E-state index contributed by atoms with van der Waals surface area (Å²) in [4.78, 5) is 0. The third kappa shape index (κ3) is 6.09. The molecule has 0 saturated heterocycles. The van der Waals surface area contributed by atoms with Crippen molar-refractivity contribution in [1.29, 1.82) is 5.26 Å². The molecule has 0 amide bonds. The predicted molar refractivity (Wildman–Crippen MR) is 65.4 cm³/mol. The van der Waals surface area contributed by atoms with E-state index in [0.717, 1.165) is 25.7 Å². The zero-order chi connectivity index (χ0) is 12.4. The molecule has 0 radical (unpaired) electrons. The number of rotatable bonds is 9. The molecule has 0 saturated carbocycles. The van der Waals surface area contributed by atoms with Crippen LogP contribution in [0.4, 0.5) is 0 Å². The molecule has 0 heterocycles. The van der Waals surface area contributed by atoms with Crippen LogP contribution in [0.5, 0.6) is 0 Å². The largest absolute Gasteiger partial charge is 0.215 e. The van der Waals surface area contributed by atoms with E-state index in [1.54, 1.807) is 6.07 Å². The predicted octanol–water partition coefficient (Wildman–Crippen LogP) is 2.18. The normalized spacial score (nSPS) is 13.3. The summed E-state index contributed by atoms with van der Waals surface area (Å²) >= 11 is 0. The Labute approximate surface area is 99.1 Å². The monoisotopic (exact) mass is 246 g/mol. The Morgan fingerprint density at radius 1 is 1.25 bits per heavy atom. The molecule has 0 fully saturated rings. The van der Waals surface area contributed by atoms with Gasteiger partial charge >= 0.3 is 0 Å². The number of sulfonamides is 1. The first kappa shape index (κ1) is 15.4. The van der Waals surface area contributed by atoms with Gasteiger partial charge in [-0.3, -0.25) is 0 Å². The second-order valence-corrected chi connectivity index (χ2v) is 5.95. The van der Waals surface area contributed by atoms with Gasteiger partial charge in [0.1, 0.15) is 0 Å². The first-order chi connectivity index (χ1) is 7.58. The average Bonchev–Trinajstić information content (AvgIpc) is 2.26. The van der Waals surface area contributed by atoms with Crippen LogP contribution in [0.25, 0.3) is 0 Å². The van der Waals surface area contributed by atoms with Gasteiger partial charge in [0.2, 0.25) is 10.0 Å². The van der Waals surface area contributed by atoms with Gasteiger partial charge in [-0.2, -0.15) is 5.26 Å². The van der Waals surface area contributed by atoms with Crippen LogP contribution in [0, 0.1) is 11.3 Å². The van der Waals surface area contributed by atoms with Crippen molar-refractivity contribution in [1.82, 2.24) is 4.72 Å². The van der Waals surface area contributed by atoms with Crippen molar-refractivity contribution in [2.75, 3.05) is 6.54 Å². The molecule has 5 heteroatoms. The van der Waals surface area contributed by atoms with Crippen molar-refractivity contribution >= 4 is 10.0 Å². The van der Waals surface area contributed by atoms with Crippen LogP contribution >= 0.6 is 0 Å². The van der Waals surface area contributed by atoms with Gasteiger partial charge in [-0.1, -0.05) is 39.5 Å². The lowest BCUT2D eigenvalue weighted by Gasteiger charge is -2.15. The lowest BCUT2D eigenvalue weighted by atomic mass is 10.1. The van der Waals surface area contributed by atoms with Gasteiger partial charge in [-0.15, -0.1) is 0 Å². The molecule has 0 spiro atoms. The molecule has 0 aliphatic rings. The summed E-state index contributed by atoms with van der Waals surface area (Å²) in [6.07, 6.45) is 5.63. The van der Waals surface area contributed by atoms with Crippen molar-refractivity contribution < 1.29 is 8.42 Å². The van der Waals surface area contributed by atoms with Gasteiger partial charge in [0.05, 0.1) is 17.9 Å². The maximum absolute atomic E-state index is 11.7. The van der Waals surface area contributed by atoms with Gasteiger partial charge in [0, 0.05) is 0 Å². The fourth-order valence-electron chi connectivity index (χ4n) is 1.63. The molecule has 1 N–H and O–H groups in total. The highest BCUT2D eigenvalue weighted by atomic mass is 32.2. The topological polar surface area (TPSA) is 70.0 Å². The molecule has 0 aliphatic heterocycles. The minimum absolute atomic E-state index is 0.131. The minimum atomic E-state index is -3.29. The van der Waals surface area contributed by atoms with E-state index in [0.29, 0.717) is 12.8 Å². The molecule has 94 valence electrons. The number of hydrogen-bond donors (Lipinski definition) is 1. The smallest absolute Gasteiger partial charge is 0.212 e. The minimum Gasteiger partial charge on any atom is -0.212 e. The van der Waals surface area contributed by atoms with E-state index in [1.807, 2.05) is 6.92 Å². The highest BCUT2D eigenvalue weighted by Gasteiger charge is 2.22.